The van der Waals surface area contributed by atoms with Gasteiger partial charge in [-0.3, -0.25) is 4.79 Å². The Labute approximate surface area is 92.7 Å². The first-order chi connectivity index (χ1) is 7.72. The minimum absolute atomic E-state index is 0.0412. The molecule has 2 aromatic rings. The first kappa shape index (κ1) is 10.6. The first-order valence-corrected chi connectivity index (χ1v) is 5.10. The average molecular weight is 218 g/mol. The summed E-state index contributed by atoms with van der Waals surface area (Å²) in [5, 5.41) is 0. The standard InChI is InChI=1S/C13H11FO2/c1-2-9-7-8-12(16-9)13(15)10-5-3-4-6-11(10)14/h3-8H,2H2,1H3. The van der Waals surface area contributed by atoms with E-state index in [4.69, 9.17) is 4.42 Å². The van der Waals surface area contributed by atoms with Crippen LogP contribution in [0, 0.1) is 5.82 Å². The molecule has 0 saturated heterocycles. The lowest BCUT2D eigenvalue weighted by atomic mass is 10.1. The van der Waals surface area contributed by atoms with Crippen molar-refractivity contribution in [2.75, 3.05) is 0 Å². The van der Waals surface area contributed by atoms with Gasteiger partial charge >= 0.3 is 0 Å². The van der Waals surface area contributed by atoms with Crippen LogP contribution in [0.5, 0.6) is 0 Å². The highest BCUT2D eigenvalue weighted by Gasteiger charge is 2.16. The maximum atomic E-state index is 13.4. The van der Waals surface area contributed by atoms with Gasteiger partial charge in [0.05, 0.1) is 5.56 Å². The summed E-state index contributed by atoms with van der Waals surface area (Å²) < 4.78 is 18.6. The van der Waals surface area contributed by atoms with Crippen LogP contribution in [-0.4, -0.2) is 5.78 Å². The van der Waals surface area contributed by atoms with Crippen LogP contribution in [0.25, 0.3) is 0 Å². The Balaban J connectivity index is 2.35. The van der Waals surface area contributed by atoms with Crippen LogP contribution >= 0.6 is 0 Å². The number of carbonyl (C=O) groups is 1. The summed E-state index contributed by atoms with van der Waals surface area (Å²) in [4.78, 5) is 11.9. The molecule has 0 aliphatic rings. The van der Waals surface area contributed by atoms with Crippen molar-refractivity contribution in [2.24, 2.45) is 0 Å². The number of furan rings is 1. The van der Waals surface area contributed by atoms with Crippen molar-refractivity contribution in [1.82, 2.24) is 0 Å². The van der Waals surface area contributed by atoms with Gasteiger partial charge in [-0.15, -0.1) is 0 Å². The molecule has 1 heterocycles. The highest BCUT2D eigenvalue weighted by Crippen LogP contribution is 2.16. The van der Waals surface area contributed by atoms with E-state index >= 15 is 0 Å². The molecule has 0 aliphatic heterocycles. The molecule has 0 atom stereocenters. The zero-order chi connectivity index (χ0) is 11.5. The van der Waals surface area contributed by atoms with Gasteiger partial charge in [-0.1, -0.05) is 19.1 Å². The van der Waals surface area contributed by atoms with E-state index in [1.165, 1.54) is 12.1 Å². The molecule has 2 nitrogen and oxygen atoms in total. The highest BCUT2D eigenvalue weighted by molar-refractivity contribution is 6.07. The normalized spacial score (nSPS) is 10.4. The fraction of sp³-hybridized carbons (Fsp3) is 0.154. The van der Waals surface area contributed by atoms with Crippen LogP contribution in [0.15, 0.2) is 40.8 Å². The second-order valence-electron chi connectivity index (χ2n) is 3.43. The lowest BCUT2D eigenvalue weighted by Crippen LogP contribution is -2.02. The summed E-state index contributed by atoms with van der Waals surface area (Å²) in [6.07, 6.45) is 0.713. The number of hydrogen-bond acceptors (Lipinski definition) is 2. The Kier molecular flexibility index (Phi) is 2.86. The lowest BCUT2D eigenvalue weighted by Gasteiger charge is -1.98. The number of hydrogen-bond donors (Lipinski definition) is 0. The smallest absolute Gasteiger partial charge is 0.231 e. The van der Waals surface area contributed by atoms with Crippen LogP contribution in [0.1, 0.15) is 28.8 Å². The minimum Gasteiger partial charge on any atom is -0.458 e. The predicted molar refractivity (Wildman–Crippen MR) is 57.9 cm³/mol. The Morgan fingerprint density at radius 3 is 2.62 bits per heavy atom. The second kappa shape index (κ2) is 4.31. The number of ketones is 1. The maximum Gasteiger partial charge on any atom is 0.231 e. The summed E-state index contributed by atoms with van der Waals surface area (Å²) in [5.74, 6) is -0.0404. The molecular weight excluding hydrogens is 207 g/mol. The predicted octanol–water partition coefficient (Wildman–Crippen LogP) is 3.21. The van der Waals surface area contributed by atoms with Crippen molar-refractivity contribution in [2.45, 2.75) is 13.3 Å². The Bertz CT molecular complexity index is 514. The van der Waals surface area contributed by atoms with Gasteiger partial charge in [0.25, 0.3) is 0 Å². The van der Waals surface area contributed by atoms with Crippen LogP contribution in [-0.2, 0) is 6.42 Å². The van der Waals surface area contributed by atoms with Gasteiger partial charge in [-0.05, 0) is 24.3 Å². The van der Waals surface area contributed by atoms with Crippen molar-refractivity contribution in [3.8, 4) is 0 Å². The van der Waals surface area contributed by atoms with Crippen molar-refractivity contribution < 1.29 is 13.6 Å². The Morgan fingerprint density at radius 1 is 1.25 bits per heavy atom. The summed E-state index contributed by atoms with van der Waals surface area (Å²) >= 11 is 0. The van der Waals surface area contributed by atoms with Crippen molar-refractivity contribution >= 4 is 5.78 Å². The SMILES string of the molecule is CCc1ccc(C(=O)c2ccccc2F)o1. The molecule has 3 heteroatoms. The van der Waals surface area contributed by atoms with Gasteiger partial charge < -0.3 is 4.42 Å². The van der Waals surface area contributed by atoms with Gasteiger partial charge in [-0.2, -0.15) is 0 Å². The van der Waals surface area contributed by atoms with Crippen LogP contribution in [0.4, 0.5) is 4.39 Å². The zero-order valence-electron chi connectivity index (χ0n) is 8.87. The Hall–Kier alpha value is -1.90. The van der Waals surface area contributed by atoms with Crippen LogP contribution in [0.3, 0.4) is 0 Å². The molecule has 16 heavy (non-hydrogen) atoms. The molecule has 0 aliphatic carbocycles. The molecule has 0 bridgehead atoms. The summed E-state index contributed by atoms with van der Waals surface area (Å²) in [6.45, 7) is 1.93. The number of rotatable bonds is 3. The fourth-order valence-corrected chi connectivity index (χ4v) is 1.47. The van der Waals surface area contributed by atoms with Gasteiger partial charge in [0, 0.05) is 6.42 Å². The summed E-state index contributed by atoms with van der Waals surface area (Å²) in [7, 11) is 0. The molecule has 1 aromatic carbocycles. The first-order valence-electron chi connectivity index (χ1n) is 5.10. The Morgan fingerprint density at radius 2 is 2.00 bits per heavy atom. The molecule has 0 amide bonds. The molecule has 0 N–H and O–H groups in total. The molecule has 0 unspecified atom stereocenters. The van der Waals surface area contributed by atoms with E-state index < -0.39 is 11.6 Å². The van der Waals surface area contributed by atoms with Crippen molar-refractivity contribution in [1.29, 1.82) is 0 Å². The second-order valence-corrected chi connectivity index (χ2v) is 3.43. The van der Waals surface area contributed by atoms with E-state index in [9.17, 15) is 9.18 Å². The van der Waals surface area contributed by atoms with E-state index in [1.807, 2.05) is 6.92 Å². The lowest BCUT2D eigenvalue weighted by molar-refractivity contribution is 0.100. The summed E-state index contributed by atoms with van der Waals surface area (Å²) in [6, 6.07) is 9.19. The van der Waals surface area contributed by atoms with Crippen molar-refractivity contribution in [3.05, 3.63) is 59.3 Å². The number of aryl methyl sites for hydroxylation is 1. The van der Waals surface area contributed by atoms with Gasteiger partial charge in [0.1, 0.15) is 11.6 Å². The minimum atomic E-state index is -0.526. The molecule has 0 saturated carbocycles. The molecule has 0 radical (unpaired) electrons. The largest absolute Gasteiger partial charge is 0.458 e. The third-order valence-electron chi connectivity index (χ3n) is 2.35. The molecule has 1 aromatic heterocycles. The topological polar surface area (TPSA) is 30.2 Å². The van der Waals surface area contributed by atoms with Gasteiger partial charge in [0.15, 0.2) is 5.76 Å². The molecule has 82 valence electrons. The molecule has 0 spiro atoms. The third-order valence-corrected chi connectivity index (χ3v) is 2.35. The fourth-order valence-electron chi connectivity index (χ4n) is 1.47. The number of carbonyl (C=O) groups excluding carboxylic acids is 1. The van der Waals surface area contributed by atoms with Crippen molar-refractivity contribution in [3.63, 3.8) is 0 Å². The molecule has 0 fully saturated rings. The van der Waals surface area contributed by atoms with E-state index in [1.54, 1.807) is 24.3 Å². The van der Waals surface area contributed by atoms with Crippen LogP contribution < -0.4 is 0 Å². The monoisotopic (exact) mass is 218 g/mol. The molecule has 2 rings (SSSR count). The quantitative estimate of drug-likeness (QED) is 0.740. The van der Waals surface area contributed by atoms with E-state index in [0.29, 0.717) is 6.42 Å². The molecular formula is C13H11FO2. The maximum absolute atomic E-state index is 13.4. The van der Waals surface area contributed by atoms with E-state index in [2.05, 4.69) is 0 Å². The van der Waals surface area contributed by atoms with E-state index in [0.717, 1.165) is 5.76 Å². The summed E-state index contributed by atoms with van der Waals surface area (Å²) in [5.41, 5.74) is 0.0412. The van der Waals surface area contributed by atoms with Gasteiger partial charge in [-0.25, -0.2) is 4.39 Å². The number of halogens is 1. The highest BCUT2D eigenvalue weighted by atomic mass is 19.1. The average Bonchev–Trinajstić information content (AvgIpc) is 2.77. The van der Waals surface area contributed by atoms with Crippen LogP contribution in [0.2, 0.25) is 0 Å². The van der Waals surface area contributed by atoms with Gasteiger partial charge in [0.2, 0.25) is 5.78 Å². The van der Waals surface area contributed by atoms with E-state index in [-0.39, 0.29) is 11.3 Å². The zero-order valence-corrected chi connectivity index (χ0v) is 8.87. The third kappa shape index (κ3) is 1.89. The number of benzene rings is 1.